The SMILES string of the molecule is CC(=O)c1cccc(NC(=O)[C@H](C)OC(=O)C2=C(Nc3ccccc3)OCC2=O)c1. The molecule has 1 heterocycles. The molecule has 3 rings (SSSR count). The summed E-state index contributed by atoms with van der Waals surface area (Å²) in [5, 5.41) is 5.44. The van der Waals surface area contributed by atoms with E-state index in [0.717, 1.165) is 0 Å². The summed E-state index contributed by atoms with van der Waals surface area (Å²) >= 11 is 0. The maximum atomic E-state index is 12.5. The summed E-state index contributed by atoms with van der Waals surface area (Å²) in [6.07, 6.45) is -1.18. The number of anilines is 2. The van der Waals surface area contributed by atoms with Crippen LogP contribution >= 0.6 is 0 Å². The van der Waals surface area contributed by atoms with Gasteiger partial charge in [0.25, 0.3) is 5.91 Å². The minimum absolute atomic E-state index is 0.0158. The first-order valence-corrected chi connectivity index (χ1v) is 9.20. The summed E-state index contributed by atoms with van der Waals surface area (Å²) in [4.78, 5) is 48.5. The molecule has 1 aliphatic heterocycles. The number of hydrogen-bond donors (Lipinski definition) is 2. The Morgan fingerprint density at radius 1 is 1.03 bits per heavy atom. The molecule has 1 amide bonds. The van der Waals surface area contributed by atoms with Gasteiger partial charge in [0, 0.05) is 16.9 Å². The van der Waals surface area contributed by atoms with E-state index in [0.29, 0.717) is 16.9 Å². The van der Waals surface area contributed by atoms with Crippen molar-refractivity contribution in [1.29, 1.82) is 0 Å². The molecule has 0 unspecified atom stereocenters. The molecule has 0 saturated heterocycles. The number of para-hydroxylation sites is 1. The highest BCUT2D eigenvalue weighted by Gasteiger charge is 2.34. The van der Waals surface area contributed by atoms with Crippen molar-refractivity contribution < 1.29 is 28.7 Å². The molecule has 2 aromatic carbocycles. The highest BCUT2D eigenvalue weighted by atomic mass is 16.6. The molecular weight excluding hydrogens is 388 g/mol. The third-order valence-corrected chi connectivity index (χ3v) is 4.28. The van der Waals surface area contributed by atoms with Crippen molar-refractivity contribution in [1.82, 2.24) is 0 Å². The van der Waals surface area contributed by atoms with E-state index in [2.05, 4.69) is 10.6 Å². The van der Waals surface area contributed by atoms with Crippen molar-refractivity contribution in [2.24, 2.45) is 0 Å². The number of rotatable bonds is 7. The molecule has 0 aliphatic carbocycles. The minimum Gasteiger partial charge on any atom is -0.470 e. The van der Waals surface area contributed by atoms with Crippen LogP contribution in [-0.4, -0.2) is 36.2 Å². The van der Waals surface area contributed by atoms with Crippen LogP contribution in [0.1, 0.15) is 24.2 Å². The Kier molecular flexibility index (Phi) is 6.26. The van der Waals surface area contributed by atoms with Gasteiger partial charge >= 0.3 is 5.97 Å². The molecule has 0 radical (unpaired) electrons. The fourth-order valence-corrected chi connectivity index (χ4v) is 2.70. The second-order valence-electron chi connectivity index (χ2n) is 6.58. The van der Waals surface area contributed by atoms with Gasteiger partial charge in [0.15, 0.2) is 24.1 Å². The normalized spacial score (nSPS) is 14.0. The first-order chi connectivity index (χ1) is 14.3. The van der Waals surface area contributed by atoms with Gasteiger partial charge in [-0.2, -0.15) is 0 Å². The molecule has 0 fully saturated rings. The summed E-state index contributed by atoms with van der Waals surface area (Å²) in [7, 11) is 0. The molecule has 2 aromatic rings. The smallest absolute Gasteiger partial charge is 0.348 e. The lowest BCUT2D eigenvalue weighted by Crippen LogP contribution is -2.31. The van der Waals surface area contributed by atoms with Crippen LogP contribution in [0.25, 0.3) is 0 Å². The predicted molar refractivity (Wildman–Crippen MR) is 109 cm³/mol. The van der Waals surface area contributed by atoms with Gasteiger partial charge in [0.1, 0.15) is 0 Å². The number of amides is 1. The van der Waals surface area contributed by atoms with Crippen molar-refractivity contribution in [3.05, 3.63) is 71.6 Å². The number of ether oxygens (including phenoxy) is 2. The van der Waals surface area contributed by atoms with Crippen LogP contribution in [0.2, 0.25) is 0 Å². The van der Waals surface area contributed by atoms with Gasteiger partial charge in [0.05, 0.1) is 0 Å². The number of carbonyl (C=O) groups excluding carboxylic acids is 4. The van der Waals surface area contributed by atoms with Gasteiger partial charge in [-0.25, -0.2) is 4.79 Å². The third kappa shape index (κ3) is 4.91. The number of hydrogen-bond acceptors (Lipinski definition) is 7. The van der Waals surface area contributed by atoms with Crippen LogP contribution < -0.4 is 10.6 Å². The zero-order valence-corrected chi connectivity index (χ0v) is 16.4. The number of ketones is 2. The Labute approximate surface area is 172 Å². The fourth-order valence-electron chi connectivity index (χ4n) is 2.70. The van der Waals surface area contributed by atoms with Crippen molar-refractivity contribution in [3.8, 4) is 0 Å². The molecule has 2 N–H and O–H groups in total. The van der Waals surface area contributed by atoms with Gasteiger partial charge in [-0.1, -0.05) is 30.3 Å². The van der Waals surface area contributed by atoms with E-state index in [4.69, 9.17) is 9.47 Å². The lowest BCUT2D eigenvalue weighted by Gasteiger charge is -2.14. The van der Waals surface area contributed by atoms with Crippen LogP contribution in [0.3, 0.4) is 0 Å². The van der Waals surface area contributed by atoms with Crippen LogP contribution in [0, 0.1) is 0 Å². The summed E-state index contributed by atoms with van der Waals surface area (Å²) in [5.41, 5.74) is 1.18. The predicted octanol–water partition coefficient (Wildman–Crippen LogP) is 2.68. The maximum Gasteiger partial charge on any atom is 0.348 e. The second kappa shape index (κ2) is 9.04. The average Bonchev–Trinajstić information content (AvgIpc) is 3.08. The lowest BCUT2D eigenvalue weighted by atomic mass is 10.1. The van der Waals surface area contributed by atoms with E-state index >= 15 is 0 Å². The number of benzene rings is 2. The molecule has 8 heteroatoms. The minimum atomic E-state index is -1.18. The number of esters is 1. The highest BCUT2D eigenvalue weighted by molar-refractivity contribution is 6.20. The zero-order chi connectivity index (χ0) is 21.7. The van der Waals surface area contributed by atoms with Crippen LogP contribution in [-0.2, 0) is 23.9 Å². The topological polar surface area (TPSA) is 111 Å². The van der Waals surface area contributed by atoms with Gasteiger partial charge in [0.2, 0.25) is 11.7 Å². The Hall–Kier alpha value is -3.94. The quantitative estimate of drug-likeness (QED) is 0.412. The molecular formula is C22H20N2O6. The fraction of sp³-hybridized carbons (Fsp3) is 0.182. The highest BCUT2D eigenvalue weighted by Crippen LogP contribution is 2.21. The number of nitrogens with one attached hydrogen (secondary N) is 2. The molecule has 0 saturated carbocycles. The molecule has 1 atom stereocenters. The largest absolute Gasteiger partial charge is 0.470 e. The molecule has 0 bridgehead atoms. The number of carbonyl (C=O) groups is 4. The number of Topliss-reactive ketones (excluding diaryl/α,β-unsaturated/α-hetero) is 2. The Morgan fingerprint density at radius 3 is 2.43 bits per heavy atom. The molecule has 1 aliphatic rings. The van der Waals surface area contributed by atoms with Crippen molar-refractivity contribution in [2.45, 2.75) is 20.0 Å². The van der Waals surface area contributed by atoms with Crippen LogP contribution in [0.4, 0.5) is 11.4 Å². The zero-order valence-electron chi connectivity index (χ0n) is 16.4. The molecule has 30 heavy (non-hydrogen) atoms. The standard InChI is InChI=1S/C22H20N2O6/c1-13(25)15-7-6-10-17(11-15)23-20(27)14(2)30-22(28)19-18(26)12-29-21(19)24-16-8-4-3-5-9-16/h3-11,14,24H,12H2,1-2H3,(H,23,27)/t14-/m0/s1. The van der Waals surface area contributed by atoms with E-state index in [9.17, 15) is 19.2 Å². The summed E-state index contributed by atoms with van der Waals surface area (Å²) in [6.45, 7) is 2.51. The van der Waals surface area contributed by atoms with E-state index in [1.807, 2.05) is 6.07 Å². The van der Waals surface area contributed by atoms with Crippen LogP contribution in [0.5, 0.6) is 0 Å². The van der Waals surface area contributed by atoms with E-state index < -0.39 is 23.8 Å². The lowest BCUT2D eigenvalue weighted by molar-refractivity contribution is -0.150. The third-order valence-electron chi connectivity index (χ3n) is 4.28. The Morgan fingerprint density at radius 2 is 1.73 bits per heavy atom. The van der Waals surface area contributed by atoms with Gasteiger partial charge in [-0.3, -0.25) is 14.4 Å². The van der Waals surface area contributed by atoms with Crippen molar-refractivity contribution in [3.63, 3.8) is 0 Å². The van der Waals surface area contributed by atoms with E-state index in [-0.39, 0.29) is 23.8 Å². The summed E-state index contributed by atoms with van der Waals surface area (Å²) < 4.78 is 10.4. The average molecular weight is 408 g/mol. The summed E-state index contributed by atoms with van der Waals surface area (Å²) in [6, 6.07) is 15.3. The molecule has 154 valence electrons. The second-order valence-corrected chi connectivity index (χ2v) is 6.58. The maximum absolute atomic E-state index is 12.5. The first-order valence-electron chi connectivity index (χ1n) is 9.20. The van der Waals surface area contributed by atoms with Gasteiger partial charge in [-0.05, 0) is 38.1 Å². The van der Waals surface area contributed by atoms with Gasteiger partial charge in [-0.15, -0.1) is 0 Å². The van der Waals surface area contributed by atoms with Crippen LogP contribution in [0.15, 0.2) is 66.1 Å². The van der Waals surface area contributed by atoms with E-state index in [1.165, 1.54) is 19.9 Å². The monoisotopic (exact) mass is 408 g/mol. The van der Waals surface area contributed by atoms with Crippen molar-refractivity contribution in [2.75, 3.05) is 17.2 Å². The van der Waals surface area contributed by atoms with Gasteiger partial charge < -0.3 is 20.1 Å². The summed E-state index contributed by atoms with van der Waals surface area (Å²) in [5.74, 6) is -2.27. The molecule has 8 nitrogen and oxygen atoms in total. The first kappa shape index (κ1) is 20.8. The van der Waals surface area contributed by atoms with Crippen molar-refractivity contribution >= 4 is 34.8 Å². The Bertz CT molecular complexity index is 1030. The Balaban J connectivity index is 1.68. The molecule has 0 aromatic heterocycles. The molecule has 0 spiro atoms. The van der Waals surface area contributed by atoms with E-state index in [1.54, 1.807) is 42.5 Å².